The van der Waals surface area contributed by atoms with Gasteiger partial charge in [-0.3, -0.25) is 5.32 Å². The van der Waals surface area contributed by atoms with Crippen molar-refractivity contribution in [1.29, 1.82) is 0 Å². The molecule has 0 radical (unpaired) electrons. The number of nitrogens with one attached hydrogen (secondary N) is 1. The van der Waals surface area contributed by atoms with E-state index in [4.69, 9.17) is 4.74 Å². The summed E-state index contributed by atoms with van der Waals surface area (Å²) in [6.07, 6.45) is 2.52. The van der Waals surface area contributed by atoms with Gasteiger partial charge in [0.15, 0.2) is 0 Å². The molecule has 98 valence electrons. The van der Waals surface area contributed by atoms with Crippen LogP contribution in [0.4, 0.5) is 0 Å². The zero-order chi connectivity index (χ0) is 13.0. The van der Waals surface area contributed by atoms with Crippen molar-refractivity contribution in [2.24, 2.45) is 5.92 Å². The van der Waals surface area contributed by atoms with Crippen molar-refractivity contribution in [3.8, 4) is 0 Å². The fourth-order valence-corrected chi connectivity index (χ4v) is 2.17. The Morgan fingerprint density at radius 3 is 2.61 bits per heavy atom. The third-order valence-electron chi connectivity index (χ3n) is 3.41. The van der Waals surface area contributed by atoms with Gasteiger partial charge in [-0.25, -0.2) is 4.79 Å². The highest BCUT2D eigenvalue weighted by Crippen LogP contribution is 2.33. The lowest BCUT2D eigenvalue weighted by Crippen LogP contribution is -2.37. The Bertz CT molecular complexity index is 387. The molecule has 0 bridgehead atoms. The molecule has 3 nitrogen and oxygen atoms in total. The van der Waals surface area contributed by atoms with Gasteiger partial charge in [-0.15, -0.1) is 0 Å². The summed E-state index contributed by atoms with van der Waals surface area (Å²) in [6.45, 7) is 4.40. The van der Waals surface area contributed by atoms with E-state index in [-0.39, 0.29) is 12.0 Å². The number of benzene rings is 1. The first-order valence-electron chi connectivity index (χ1n) is 6.70. The summed E-state index contributed by atoms with van der Waals surface area (Å²) >= 11 is 0. The minimum Gasteiger partial charge on any atom is -0.465 e. The summed E-state index contributed by atoms with van der Waals surface area (Å²) < 4.78 is 5.16. The van der Waals surface area contributed by atoms with Crippen LogP contribution in [0.15, 0.2) is 30.3 Å². The van der Waals surface area contributed by atoms with Crippen molar-refractivity contribution in [2.45, 2.75) is 38.8 Å². The van der Waals surface area contributed by atoms with Crippen LogP contribution in [0.25, 0.3) is 0 Å². The van der Waals surface area contributed by atoms with Gasteiger partial charge in [0.2, 0.25) is 0 Å². The lowest BCUT2D eigenvalue weighted by atomic mass is 10.1. The van der Waals surface area contributed by atoms with E-state index in [1.54, 1.807) is 0 Å². The molecule has 1 aromatic rings. The van der Waals surface area contributed by atoms with Gasteiger partial charge >= 0.3 is 5.97 Å². The normalized spacial score (nSPS) is 18.1. The Labute approximate surface area is 109 Å². The van der Waals surface area contributed by atoms with Crippen molar-refractivity contribution in [3.63, 3.8) is 0 Å². The van der Waals surface area contributed by atoms with Gasteiger partial charge in [-0.2, -0.15) is 0 Å². The molecule has 2 atom stereocenters. The lowest BCUT2D eigenvalue weighted by molar-refractivity contribution is -0.146. The molecule has 1 aliphatic rings. The summed E-state index contributed by atoms with van der Waals surface area (Å²) in [5.74, 6) is 0.529. The average Bonchev–Trinajstić information content (AvgIpc) is 3.21. The Hall–Kier alpha value is -1.35. The second-order valence-corrected chi connectivity index (χ2v) is 4.89. The van der Waals surface area contributed by atoms with Gasteiger partial charge < -0.3 is 4.74 Å². The third-order valence-corrected chi connectivity index (χ3v) is 3.41. The van der Waals surface area contributed by atoms with E-state index in [0.717, 1.165) is 5.56 Å². The number of hydrogen-bond donors (Lipinski definition) is 1. The Kier molecular flexibility index (Phi) is 4.37. The van der Waals surface area contributed by atoms with Crippen LogP contribution >= 0.6 is 0 Å². The number of esters is 1. The first kappa shape index (κ1) is 13.1. The van der Waals surface area contributed by atoms with Crippen LogP contribution in [-0.4, -0.2) is 18.6 Å². The van der Waals surface area contributed by atoms with E-state index in [0.29, 0.717) is 18.6 Å². The number of hydrogen-bond acceptors (Lipinski definition) is 3. The Balaban J connectivity index is 2.09. The van der Waals surface area contributed by atoms with Gasteiger partial charge in [0.05, 0.1) is 6.61 Å². The van der Waals surface area contributed by atoms with Gasteiger partial charge in [0, 0.05) is 6.04 Å². The largest absolute Gasteiger partial charge is 0.465 e. The lowest BCUT2D eigenvalue weighted by Gasteiger charge is -2.22. The van der Waals surface area contributed by atoms with E-state index in [9.17, 15) is 4.79 Å². The van der Waals surface area contributed by atoms with Gasteiger partial charge in [-0.05, 0) is 38.2 Å². The number of carbonyl (C=O) groups excluding carboxylic acids is 1. The molecule has 0 heterocycles. The van der Waals surface area contributed by atoms with Crippen molar-refractivity contribution in [1.82, 2.24) is 5.32 Å². The molecule has 2 rings (SSSR count). The molecule has 1 aliphatic carbocycles. The molecule has 0 aliphatic heterocycles. The molecule has 0 saturated heterocycles. The molecule has 1 fully saturated rings. The van der Waals surface area contributed by atoms with Crippen LogP contribution in [0.5, 0.6) is 0 Å². The Morgan fingerprint density at radius 1 is 1.39 bits per heavy atom. The number of ether oxygens (including phenoxy) is 1. The first-order valence-corrected chi connectivity index (χ1v) is 6.70. The average molecular weight is 247 g/mol. The fourth-order valence-electron chi connectivity index (χ4n) is 2.17. The van der Waals surface area contributed by atoms with E-state index >= 15 is 0 Å². The molecule has 2 unspecified atom stereocenters. The second kappa shape index (κ2) is 6.01. The van der Waals surface area contributed by atoms with Crippen LogP contribution in [0.3, 0.4) is 0 Å². The minimum absolute atomic E-state index is 0.184. The highest BCUT2D eigenvalue weighted by Gasteiger charge is 2.32. The molecule has 1 N–H and O–H groups in total. The molecular weight excluding hydrogens is 226 g/mol. The highest BCUT2D eigenvalue weighted by molar-refractivity contribution is 5.77. The predicted octanol–water partition coefficient (Wildman–Crippen LogP) is 2.68. The van der Waals surface area contributed by atoms with E-state index in [1.165, 1.54) is 12.8 Å². The maximum atomic E-state index is 12.0. The number of carbonyl (C=O) groups is 1. The second-order valence-electron chi connectivity index (χ2n) is 4.89. The quantitative estimate of drug-likeness (QED) is 0.785. The zero-order valence-corrected chi connectivity index (χ0v) is 11.1. The van der Waals surface area contributed by atoms with E-state index < -0.39 is 0 Å². The van der Waals surface area contributed by atoms with Crippen LogP contribution in [-0.2, 0) is 9.53 Å². The molecule has 0 aromatic heterocycles. The predicted molar refractivity (Wildman–Crippen MR) is 71.1 cm³/mol. The smallest absolute Gasteiger partial charge is 0.327 e. The zero-order valence-electron chi connectivity index (χ0n) is 11.1. The maximum Gasteiger partial charge on any atom is 0.327 e. The standard InChI is InChI=1S/C15H21NO2/c1-3-18-15(17)14(13-7-5-4-6-8-13)16-11(2)12-9-10-12/h4-8,11-12,14,16H,3,9-10H2,1-2H3. The van der Waals surface area contributed by atoms with Gasteiger partial charge in [-0.1, -0.05) is 30.3 Å². The van der Waals surface area contributed by atoms with E-state index in [1.807, 2.05) is 37.3 Å². The molecular formula is C15H21NO2. The van der Waals surface area contributed by atoms with Gasteiger partial charge in [0.1, 0.15) is 6.04 Å². The summed E-state index contributed by atoms with van der Waals surface area (Å²) in [5.41, 5.74) is 0.975. The van der Waals surface area contributed by atoms with Crippen LogP contribution < -0.4 is 5.32 Å². The van der Waals surface area contributed by atoms with Crippen molar-refractivity contribution in [3.05, 3.63) is 35.9 Å². The van der Waals surface area contributed by atoms with Crippen LogP contribution in [0.1, 0.15) is 38.3 Å². The van der Waals surface area contributed by atoms with Crippen LogP contribution in [0.2, 0.25) is 0 Å². The van der Waals surface area contributed by atoms with Crippen LogP contribution in [0, 0.1) is 5.92 Å². The summed E-state index contributed by atoms with van der Waals surface area (Å²) in [5, 5.41) is 3.41. The summed E-state index contributed by atoms with van der Waals surface area (Å²) in [7, 11) is 0. The molecule has 0 spiro atoms. The fraction of sp³-hybridized carbons (Fsp3) is 0.533. The monoisotopic (exact) mass is 247 g/mol. The van der Waals surface area contributed by atoms with E-state index in [2.05, 4.69) is 12.2 Å². The van der Waals surface area contributed by atoms with Crippen molar-refractivity contribution < 1.29 is 9.53 Å². The molecule has 1 saturated carbocycles. The van der Waals surface area contributed by atoms with Gasteiger partial charge in [0.25, 0.3) is 0 Å². The minimum atomic E-state index is -0.346. The first-order chi connectivity index (χ1) is 8.72. The molecule has 0 amide bonds. The molecule has 3 heteroatoms. The highest BCUT2D eigenvalue weighted by atomic mass is 16.5. The molecule has 18 heavy (non-hydrogen) atoms. The third kappa shape index (κ3) is 3.33. The summed E-state index contributed by atoms with van der Waals surface area (Å²) in [4.78, 5) is 12.0. The van der Waals surface area contributed by atoms with Crippen molar-refractivity contribution >= 4 is 5.97 Å². The summed E-state index contributed by atoms with van der Waals surface area (Å²) in [6, 6.07) is 9.80. The topological polar surface area (TPSA) is 38.3 Å². The molecule has 1 aromatic carbocycles. The number of rotatable bonds is 6. The SMILES string of the molecule is CCOC(=O)C(NC(C)C1CC1)c1ccccc1. The van der Waals surface area contributed by atoms with Crippen molar-refractivity contribution in [2.75, 3.05) is 6.61 Å². The Morgan fingerprint density at radius 2 is 2.06 bits per heavy atom. The maximum absolute atomic E-state index is 12.0.